The van der Waals surface area contributed by atoms with Crippen LogP contribution in [-0.2, 0) is 4.79 Å². The van der Waals surface area contributed by atoms with Crippen molar-refractivity contribution in [3.8, 4) is 6.07 Å². The van der Waals surface area contributed by atoms with Gasteiger partial charge in [0.1, 0.15) is 5.82 Å². The molecule has 2 N–H and O–H groups in total. The van der Waals surface area contributed by atoms with Gasteiger partial charge in [-0.05, 0) is 24.6 Å². The summed E-state index contributed by atoms with van der Waals surface area (Å²) in [6.45, 7) is 1.97. The standard InChI is InChI=1S/C12H13FN2O2/c1-8(12(16)17)4-5-15-11-3-2-9(7-14)6-10(11)13/h2-3,6,8,15H,4-5H2,1H3,(H,16,17). The molecule has 0 amide bonds. The Labute approximate surface area is 98.7 Å². The number of halogens is 1. The molecule has 4 nitrogen and oxygen atoms in total. The van der Waals surface area contributed by atoms with Crippen molar-refractivity contribution < 1.29 is 14.3 Å². The van der Waals surface area contributed by atoms with Crippen LogP contribution in [0, 0.1) is 23.1 Å². The van der Waals surface area contributed by atoms with E-state index in [1.54, 1.807) is 6.92 Å². The fourth-order valence-corrected chi connectivity index (χ4v) is 1.27. The molecule has 0 radical (unpaired) electrons. The van der Waals surface area contributed by atoms with Crippen molar-refractivity contribution >= 4 is 11.7 Å². The maximum absolute atomic E-state index is 13.4. The third-order valence-corrected chi connectivity index (χ3v) is 2.41. The third kappa shape index (κ3) is 3.76. The van der Waals surface area contributed by atoms with E-state index in [1.807, 2.05) is 6.07 Å². The van der Waals surface area contributed by atoms with Crippen molar-refractivity contribution in [3.63, 3.8) is 0 Å². The van der Waals surface area contributed by atoms with Gasteiger partial charge in [-0.2, -0.15) is 5.26 Å². The quantitative estimate of drug-likeness (QED) is 0.822. The molecule has 0 bridgehead atoms. The summed E-state index contributed by atoms with van der Waals surface area (Å²) in [5.41, 5.74) is 0.536. The van der Waals surface area contributed by atoms with Gasteiger partial charge in [0.15, 0.2) is 0 Å². The van der Waals surface area contributed by atoms with E-state index >= 15 is 0 Å². The summed E-state index contributed by atoms with van der Waals surface area (Å²) in [5.74, 6) is -1.84. The number of anilines is 1. The number of nitrogens with one attached hydrogen (secondary N) is 1. The van der Waals surface area contributed by atoms with Gasteiger partial charge in [0, 0.05) is 6.54 Å². The Kier molecular flexibility index (Phi) is 4.46. The lowest BCUT2D eigenvalue weighted by atomic mass is 10.1. The highest BCUT2D eigenvalue weighted by Crippen LogP contribution is 2.15. The van der Waals surface area contributed by atoms with Crippen molar-refractivity contribution in [3.05, 3.63) is 29.6 Å². The van der Waals surface area contributed by atoms with Gasteiger partial charge in [-0.15, -0.1) is 0 Å². The molecule has 0 saturated carbocycles. The number of carbonyl (C=O) groups is 1. The average Bonchev–Trinajstić information content (AvgIpc) is 2.30. The largest absolute Gasteiger partial charge is 0.481 e. The van der Waals surface area contributed by atoms with Gasteiger partial charge in [0.2, 0.25) is 0 Å². The molecule has 90 valence electrons. The smallest absolute Gasteiger partial charge is 0.306 e. The zero-order chi connectivity index (χ0) is 12.8. The zero-order valence-corrected chi connectivity index (χ0v) is 9.40. The molecule has 1 aromatic carbocycles. The van der Waals surface area contributed by atoms with Crippen LogP contribution in [0.1, 0.15) is 18.9 Å². The van der Waals surface area contributed by atoms with Crippen LogP contribution >= 0.6 is 0 Å². The monoisotopic (exact) mass is 236 g/mol. The van der Waals surface area contributed by atoms with Crippen LogP contribution < -0.4 is 5.32 Å². The van der Waals surface area contributed by atoms with Crippen LogP contribution in [0.3, 0.4) is 0 Å². The Hall–Kier alpha value is -2.09. The first-order valence-corrected chi connectivity index (χ1v) is 5.21. The lowest BCUT2D eigenvalue weighted by Crippen LogP contribution is -2.14. The van der Waals surface area contributed by atoms with Crippen LogP contribution in [0.25, 0.3) is 0 Å². The first kappa shape index (κ1) is 13.0. The fourth-order valence-electron chi connectivity index (χ4n) is 1.27. The van der Waals surface area contributed by atoms with E-state index in [1.165, 1.54) is 12.1 Å². The SMILES string of the molecule is CC(CCNc1ccc(C#N)cc1F)C(=O)O. The van der Waals surface area contributed by atoms with Gasteiger partial charge >= 0.3 is 5.97 Å². The summed E-state index contributed by atoms with van der Waals surface area (Å²) in [5, 5.41) is 20.0. The number of aliphatic carboxylic acids is 1. The van der Waals surface area contributed by atoms with Crippen molar-refractivity contribution in [1.29, 1.82) is 5.26 Å². The van der Waals surface area contributed by atoms with Gasteiger partial charge in [-0.3, -0.25) is 4.79 Å². The minimum Gasteiger partial charge on any atom is -0.481 e. The van der Waals surface area contributed by atoms with Crippen LogP contribution in [0.4, 0.5) is 10.1 Å². The van der Waals surface area contributed by atoms with Crippen LogP contribution in [0.5, 0.6) is 0 Å². The topological polar surface area (TPSA) is 73.1 Å². The number of nitriles is 1. The summed E-state index contributed by atoms with van der Waals surface area (Å²) >= 11 is 0. The van der Waals surface area contributed by atoms with Gasteiger partial charge in [-0.25, -0.2) is 4.39 Å². The van der Waals surface area contributed by atoms with E-state index in [0.29, 0.717) is 13.0 Å². The van der Waals surface area contributed by atoms with Gasteiger partial charge in [-0.1, -0.05) is 6.92 Å². The molecule has 1 atom stereocenters. The Morgan fingerprint density at radius 2 is 2.35 bits per heavy atom. The lowest BCUT2D eigenvalue weighted by molar-refractivity contribution is -0.141. The second-order valence-electron chi connectivity index (χ2n) is 3.76. The zero-order valence-electron chi connectivity index (χ0n) is 9.40. The van der Waals surface area contributed by atoms with Gasteiger partial charge in [0.05, 0.1) is 23.2 Å². The van der Waals surface area contributed by atoms with E-state index in [-0.39, 0.29) is 11.3 Å². The van der Waals surface area contributed by atoms with Crippen LogP contribution in [-0.4, -0.2) is 17.6 Å². The molecule has 0 spiro atoms. The Morgan fingerprint density at radius 1 is 1.65 bits per heavy atom. The van der Waals surface area contributed by atoms with Crippen LogP contribution in [0.2, 0.25) is 0 Å². The normalized spacial score (nSPS) is 11.6. The Morgan fingerprint density at radius 3 is 2.88 bits per heavy atom. The van der Waals surface area contributed by atoms with Gasteiger partial charge < -0.3 is 10.4 Å². The van der Waals surface area contributed by atoms with Gasteiger partial charge in [0.25, 0.3) is 0 Å². The summed E-state index contributed by atoms with van der Waals surface area (Å²) in [7, 11) is 0. The van der Waals surface area contributed by atoms with E-state index < -0.39 is 17.7 Å². The number of hydrogen-bond donors (Lipinski definition) is 2. The fraction of sp³-hybridized carbons (Fsp3) is 0.333. The highest BCUT2D eigenvalue weighted by molar-refractivity contribution is 5.69. The molecule has 0 heterocycles. The molecule has 1 aromatic rings. The Bertz CT molecular complexity index is 454. The van der Waals surface area contributed by atoms with Crippen molar-refractivity contribution in [2.75, 3.05) is 11.9 Å². The second-order valence-corrected chi connectivity index (χ2v) is 3.76. The summed E-state index contributed by atoms with van der Waals surface area (Å²) in [4.78, 5) is 10.6. The summed E-state index contributed by atoms with van der Waals surface area (Å²) in [6.07, 6.45) is 0.411. The first-order chi connectivity index (χ1) is 8.04. The lowest BCUT2D eigenvalue weighted by Gasteiger charge is -2.09. The Balaban J connectivity index is 2.53. The number of rotatable bonds is 5. The van der Waals surface area contributed by atoms with Crippen molar-refractivity contribution in [2.24, 2.45) is 5.92 Å². The number of benzene rings is 1. The molecule has 1 unspecified atom stereocenters. The maximum atomic E-state index is 13.4. The molecule has 0 aromatic heterocycles. The highest BCUT2D eigenvalue weighted by Gasteiger charge is 2.10. The molecular weight excluding hydrogens is 223 g/mol. The predicted molar refractivity (Wildman–Crippen MR) is 61.0 cm³/mol. The second kappa shape index (κ2) is 5.85. The number of hydrogen-bond acceptors (Lipinski definition) is 3. The third-order valence-electron chi connectivity index (χ3n) is 2.41. The molecule has 0 aliphatic carbocycles. The van der Waals surface area contributed by atoms with Crippen molar-refractivity contribution in [1.82, 2.24) is 0 Å². The minimum absolute atomic E-state index is 0.256. The van der Waals surface area contributed by atoms with E-state index in [4.69, 9.17) is 10.4 Å². The van der Waals surface area contributed by atoms with E-state index in [9.17, 15) is 9.18 Å². The molecule has 0 aliphatic rings. The average molecular weight is 236 g/mol. The molecule has 5 heteroatoms. The molecule has 1 rings (SSSR count). The van der Waals surface area contributed by atoms with E-state index in [0.717, 1.165) is 6.07 Å². The van der Waals surface area contributed by atoms with Crippen molar-refractivity contribution in [2.45, 2.75) is 13.3 Å². The molecule has 17 heavy (non-hydrogen) atoms. The summed E-state index contributed by atoms with van der Waals surface area (Å²) < 4.78 is 13.4. The molecule has 0 saturated heterocycles. The number of carboxylic acids is 1. The minimum atomic E-state index is -0.868. The first-order valence-electron chi connectivity index (χ1n) is 5.21. The van der Waals surface area contributed by atoms with Crippen LogP contribution in [0.15, 0.2) is 18.2 Å². The highest BCUT2D eigenvalue weighted by atomic mass is 19.1. The number of nitrogens with zero attached hydrogens (tertiary/aromatic N) is 1. The molecular formula is C12H13FN2O2. The molecule has 0 fully saturated rings. The molecule has 0 aliphatic heterocycles. The van der Waals surface area contributed by atoms with E-state index in [2.05, 4.69) is 5.32 Å². The summed E-state index contributed by atoms with van der Waals surface area (Å²) in [6, 6.07) is 5.96. The predicted octanol–water partition coefficient (Wildman–Crippen LogP) is 2.22. The number of carboxylic acid groups (broad SMARTS) is 1. The maximum Gasteiger partial charge on any atom is 0.306 e.